The van der Waals surface area contributed by atoms with Crippen molar-refractivity contribution in [2.24, 2.45) is 25.7 Å². The maximum Gasteiger partial charge on any atom is 0.222 e. The summed E-state index contributed by atoms with van der Waals surface area (Å²) in [5.41, 5.74) is 5.06. The third-order valence-electron chi connectivity index (χ3n) is 2.79. The van der Waals surface area contributed by atoms with Gasteiger partial charge in [-0.25, -0.2) is 15.0 Å². The number of fused-ring (bicyclic) bond motifs is 1. The van der Waals surface area contributed by atoms with Gasteiger partial charge in [-0.2, -0.15) is 4.99 Å². The highest BCUT2D eigenvalue weighted by Crippen LogP contribution is 2.22. The first kappa shape index (κ1) is 11.9. The second kappa shape index (κ2) is 4.18. The lowest BCUT2D eigenvalue weighted by atomic mass is 9.93. The number of carbonyl (C=O) groups excluding carboxylic acids is 1. The molecule has 0 fully saturated rings. The first-order valence-corrected chi connectivity index (χ1v) is 5.83. The second-order valence-electron chi connectivity index (χ2n) is 4.00. The normalized spacial score (nSPS) is 24.4. The van der Waals surface area contributed by atoms with E-state index in [1.807, 2.05) is 0 Å². The smallest absolute Gasteiger partial charge is 0.222 e. The minimum Gasteiger partial charge on any atom is -0.295 e. The van der Waals surface area contributed by atoms with E-state index >= 15 is 0 Å². The van der Waals surface area contributed by atoms with E-state index in [-0.39, 0.29) is 16.8 Å². The highest BCUT2D eigenvalue weighted by molar-refractivity contribution is 6.69. The Morgan fingerprint density at radius 3 is 2.74 bits per heavy atom. The quantitative estimate of drug-likeness (QED) is 0.643. The molecule has 1 aromatic carbocycles. The van der Waals surface area contributed by atoms with Gasteiger partial charge in [0.1, 0.15) is 12.1 Å². The Balaban J connectivity index is 2.09. The number of benzene rings is 1. The average Bonchev–Trinajstić information content (AvgIpc) is 2.87. The standard InChI is InChI=1S/C12H8ClN5O/c13-11-17-10-8(15-6-16-10)12(14,18-11)9(19)7-4-2-1-3-5-7/h1-6H,14H2. The van der Waals surface area contributed by atoms with Crippen molar-refractivity contribution in [1.29, 1.82) is 0 Å². The van der Waals surface area contributed by atoms with Crippen LogP contribution in [0.1, 0.15) is 10.4 Å². The molecule has 2 N–H and O–H groups in total. The molecule has 7 heteroatoms. The van der Waals surface area contributed by atoms with E-state index in [0.717, 1.165) is 0 Å². The molecule has 0 saturated carbocycles. The summed E-state index contributed by atoms with van der Waals surface area (Å²) in [7, 11) is 0. The molecule has 94 valence electrons. The molecule has 0 spiro atoms. The molecule has 2 heterocycles. The zero-order valence-corrected chi connectivity index (χ0v) is 10.4. The van der Waals surface area contributed by atoms with E-state index in [2.05, 4.69) is 20.0 Å². The lowest BCUT2D eigenvalue weighted by Gasteiger charge is -2.25. The van der Waals surface area contributed by atoms with Gasteiger partial charge in [-0.1, -0.05) is 30.3 Å². The summed E-state index contributed by atoms with van der Waals surface area (Å²) < 4.78 is 0. The molecule has 0 amide bonds. The van der Waals surface area contributed by atoms with Gasteiger partial charge in [-0.15, -0.1) is 0 Å². The molecular weight excluding hydrogens is 266 g/mol. The predicted molar refractivity (Wildman–Crippen MR) is 74.3 cm³/mol. The first-order valence-electron chi connectivity index (χ1n) is 5.45. The van der Waals surface area contributed by atoms with Crippen LogP contribution < -0.4 is 5.73 Å². The van der Waals surface area contributed by atoms with Gasteiger partial charge in [-0.3, -0.25) is 10.5 Å². The van der Waals surface area contributed by atoms with E-state index in [9.17, 15) is 4.79 Å². The van der Waals surface area contributed by atoms with E-state index in [4.69, 9.17) is 17.3 Å². The molecular formula is C12H8ClN5O. The molecule has 0 saturated heterocycles. The van der Waals surface area contributed by atoms with Crippen molar-refractivity contribution >= 4 is 40.6 Å². The molecule has 6 nitrogen and oxygen atoms in total. The van der Waals surface area contributed by atoms with Gasteiger partial charge >= 0.3 is 0 Å². The van der Waals surface area contributed by atoms with Gasteiger partial charge in [0.15, 0.2) is 5.84 Å². The van der Waals surface area contributed by atoms with Crippen molar-refractivity contribution in [3.63, 3.8) is 0 Å². The number of ketones is 1. The summed E-state index contributed by atoms with van der Waals surface area (Å²) in [5, 5.41) is -0.111. The van der Waals surface area contributed by atoms with Gasteiger partial charge in [0, 0.05) is 5.56 Å². The van der Waals surface area contributed by atoms with Crippen LogP contribution in [0.25, 0.3) is 0 Å². The molecule has 19 heavy (non-hydrogen) atoms. The van der Waals surface area contributed by atoms with Crippen LogP contribution in [0.3, 0.4) is 0 Å². The van der Waals surface area contributed by atoms with E-state index in [1.165, 1.54) is 6.34 Å². The third kappa shape index (κ3) is 1.81. The van der Waals surface area contributed by atoms with E-state index < -0.39 is 11.4 Å². The topological polar surface area (TPSA) is 92.5 Å². The fraction of sp³-hybridized carbons (Fsp3) is 0.0833. The van der Waals surface area contributed by atoms with Crippen molar-refractivity contribution in [1.82, 2.24) is 0 Å². The molecule has 1 atom stereocenters. The second-order valence-corrected chi connectivity index (χ2v) is 4.34. The molecule has 0 bridgehead atoms. The number of halogens is 1. The summed E-state index contributed by atoms with van der Waals surface area (Å²) in [5.74, 6) is -0.172. The number of aliphatic imine (C=N–C) groups is 4. The van der Waals surface area contributed by atoms with Crippen LogP contribution in [0.5, 0.6) is 0 Å². The Labute approximate surface area is 113 Å². The average molecular weight is 274 g/mol. The number of hydrogen-bond donors (Lipinski definition) is 1. The summed E-state index contributed by atoms with van der Waals surface area (Å²) in [6, 6.07) is 8.60. The Bertz CT molecular complexity index is 677. The van der Waals surface area contributed by atoms with E-state index in [0.29, 0.717) is 5.56 Å². The fourth-order valence-corrected chi connectivity index (χ4v) is 2.10. The Hall–Kier alpha value is -2.18. The highest BCUT2D eigenvalue weighted by atomic mass is 35.5. The Kier molecular flexibility index (Phi) is 2.62. The Morgan fingerprint density at radius 2 is 2.00 bits per heavy atom. The maximum absolute atomic E-state index is 12.5. The highest BCUT2D eigenvalue weighted by Gasteiger charge is 2.46. The lowest BCUT2D eigenvalue weighted by Crippen LogP contribution is -2.57. The monoisotopic (exact) mass is 273 g/mol. The third-order valence-corrected chi connectivity index (χ3v) is 2.96. The van der Waals surface area contributed by atoms with Gasteiger partial charge < -0.3 is 0 Å². The number of amidine groups is 2. The number of hydrogen-bond acceptors (Lipinski definition) is 6. The molecule has 2 aliphatic rings. The van der Waals surface area contributed by atoms with Crippen LogP contribution in [0, 0.1) is 0 Å². The molecule has 2 aliphatic heterocycles. The van der Waals surface area contributed by atoms with Gasteiger partial charge in [0.25, 0.3) is 0 Å². The first-order chi connectivity index (χ1) is 9.11. The molecule has 1 unspecified atom stereocenters. The van der Waals surface area contributed by atoms with Crippen LogP contribution in [0.4, 0.5) is 0 Å². The number of carbonyl (C=O) groups is 1. The van der Waals surface area contributed by atoms with Gasteiger partial charge in [0.05, 0.1) is 0 Å². The lowest BCUT2D eigenvalue weighted by molar-refractivity contribution is 0.0937. The largest absolute Gasteiger partial charge is 0.295 e. The molecule has 0 radical (unpaired) electrons. The van der Waals surface area contributed by atoms with Crippen LogP contribution in [0.2, 0.25) is 0 Å². The SMILES string of the molecule is NC1(C(=O)c2ccccc2)N=C(Cl)N=C2N=CN=C21. The van der Waals surface area contributed by atoms with Crippen molar-refractivity contribution in [3.05, 3.63) is 35.9 Å². The molecule has 0 aliphatic carbocycles. The van der Waals surface area contributed by atoms with E-state index in [1.54, 1.807) is 30.3 Å². The van der Waals surface area contributed by atoms with Gasteiger partial charge in [0.2, 0.25) is 16.7 Å². The molecule has 1 aromatic rings. The van der Waals surface area contributed by atoms with Gasteiger partial charge in [-0.05, 0) is 11.6 Å². The van der Waals surface area contributed by atoms with Crippen molar-refractivity contribution in [2.75, 3.05) is 0 Å². The summed E-state index contributed by atoms with van der Waals surface area (Å²) in [4.78, 5) is 28.2. The fourth-order valence-electron chi connectivity index (χ4n) is 1.89. The number of nitrogens with two attached hydrogens (primary N) is 1. The predicted octanol–water partition coefficient (Wildman–Crippen LogP) is 1.01. The minimum absolute atomic E-state index is 0.111. The molecule has 0 aromatic heterocycles. The zero-order valence-electron chi connectivity index (χ0n) is 9.62. The summed E-state index contributed by atoms with van der Waals surface area (Å²) in [6.07, 6.45) is 1.28. The van der Waals surface area contributed by atoms with Crippen molar-refractivity contribution in [2.45, 2.75) is 5.66 Å². The zero-order chi connectivity index (χ0) is 13.5. The minimum atomic E-state index is -1.67. The number of Topliss-reactive ketones (excluding diaryl/α,β-unsaturated/α-hetero) is 1. The number of rotatable bonds is 2. The number of nitrogens with zero attached hydrogens (tertiary/aromatic N) is 4. The van der Waals surface area contributed by atoms with Crippen molar-refractivity contribution in [3.8, 4) is 0 Å². The van der Waals surface area contributed by atoms with Crippen LogP contribution >= 0.6 is 11.6 Å². The maximum atomic E-state index is 12.5. The summed E-state index contributed by atoms with van der Waals surface area (Å²) in [6.45, 7) is 0. The summed E-state index contributed by atoms with van der Waals surface area (Å²) >= 11 is 5.80. The van der Waals surface area contributed by atoms with Crippen molar-refractivity contribution < 1.29 is 4.79 Å². The van der Waals surface area contributed by atoms with Crippen LogP contribution in [-0.2, 0) is 0 Å². The van der Waals surface area contributed by atoms with Crippen LogP contribution in [-0.4, -0.2) is 34.6 Å². The van der Waals surface area contributed by atoms with Crippen LogP contribution in [0.15, 0.2) is 50.3 Å². The molecule has 3 rings (SSSR count). The Morgan fingerprint density at radius 1 is 1.26 bits per heavy atom.